The average molecular weight is 727 g/mol. The Morgan fingerprint density at radius 3 is 2.17 bits per heavy atom. The zero-order chi connectivity index (χ0) is 34.4. The third kappa shape index (κ3) is 8.53. The number of anilines is 1. The predicted molar refractivity (Wildman–Crippen MR) is 193 cm³/mol. The van der Waals surface area contributed by atoms with Crippen molar-refractivity contribution in [3.63, 3.8) is 0 Å². The van der Waals surface area contributed by atoms with Gasteiger partial charge in [0.05, 0.1) is 20.6 Å². The number of nitrogens with zero attached hydrogens (tertiary/aromatic N) is 2. The maximum absolute atomic E-state index is 14.7. The van der Waals surface area contributed by atoms with Crippen LogP contribution in [0.1, 0.15) is 47.9 Å². The van der Waals surface area contributed by atoms with Crippen molar-refractivity contribution in [3.8, 4) is 0 Å². The van der Waals surface area contributed by atoms with E-state index in [9.17, 15) is 18.0 Å². The van der Waals surface area contributed by atoms with Gasteiger partial charge in [-0.1, -0.05) is 108 Å². The number of aryl methyl sites for hydroxylation is 1. The van der Waals surface area contributed by atoms with Crippen LogP contribution in [0.5, 0.6) is 0 Å². The van der Waals surface area contributed by atoms with Crippen LogP contribution in [0.25, 0.3) is 0 Å². The Hall–Kier alpha value is -3.56. The van der Waals surface area contributed by atoms with Crippen LogP contribution < -0.4 is 9.62 Å². The van der Waals surface area contributed by atoms with Crippen LogP contribution in [0.4, 0.5) is 5.69 Å². The largest absolute Gasteiger partial charge is 0.352 e. The third-order valence-corrected chi connectivity index (χ3v) is 11.6. The zero-order valence-electron chi connectivity index (χ0n) is 26.8. The van der Waals surface area contributed by atoms with Gasteiger partial charge in [0.1, 0.15) is 12.6 Å². The van der Waals surface area contributed by atoms with Crippen molar-refractivity contribution in [2.75, 3.05) is 10.8 Å². The van der Waals surface area contributed by atoms with Gasteiger partial charge in [0, 0.05) is 24.0 Å². The number of rotatable bonds is 12. The molecule has 0 aromatic heterocycles. The average Bonchev–Trinajstić information content (AvgIpc) is 3.58. The van der Waals surface area contributed by atoms with Gasteiger partial charge in [0.2, 0.25) is 11.8 Å². The number of hydrogen-bond acceptors (Lipinski definition) is 4. The number of sulfonamides is 1. The molecule has 5 rings (SSSR count). The molecular weight excluding hydrogens is 689 g/mol. The van der Waals surface area contributed by atoms with Crippen molar-refractivity contribution in [1.82, 2.24) is 10.2 Å². The van der Waals surface area contributed by atoms with Gasteiger partial charge in [-0.25, -0.2) is 8.42 Å². The van der Waals surface area contributed by atoms with Crippen LogP contribution in [0.3, 0.4) is 0 Å². The van der Waals surface area contributed by atoms with E-state index in [2.05, 4.69) is 5.32 Å². The Morgan fingerprint density at radius 2 is 1.50 bits per heavy atom. The van der Waals surface area contributed by atoms with E-state index >= 15 is 0 Å². The second-order valence-electron chi connectivity index (χ2n) is 12.2. The first-order valence-electron chi connectivity index (χ1n) is 15.9. The summed E-state index contributed by atoms with van der Waals surface area (Å²) in [7, 11) is -4.26. The van der Waals surface area contributed by atoms with Crippen LogP contribution >= 0.6 is 34.8 Å². The number of halogens is 3. The molecule has 0 saturated heterocycles. The molecule has 0 heterocycles. The van der Waals surface area contributed by atoms with Crippen LogP contribution in [0.15, 0.2) is 95.9 Å². The predicted octanol–water partition coefficient (Wildman–Crippen LogP) is 8.16. The lowest BCUT2D eigenvalue weighted by Gasteiger charge is -2.34. The van der Waals surface area contributed by atoms with Gasteiger partial charge in [0.15, 0.2) is 0 Å². The van der Waals surface area contributed by atoms with Crippen LogP contribution in [0, 0.1) is 13.8 Å². The van der Waals surface area contributed by atoms with Crippen molar-refractivity contribution >= 4 is 62.3 Å². The Morgan fingerprint density at radius 1 is 0.812 bits per heavy atom. The van der Waals surface area contributed by atoms with E-state index in [0.717, 1.165) is 41.1 Å². The molecule has 4 aromatic carbocycles. The fraction of sp³-hybridized carbons (Fsp3) is 0.297. The molecule has 48 heavy (non-hydrogen) atoms. The number of amides is 2. The summed E-state index contributed by atoms with van der Waals surface area (Å²) in [6.45, 7) is 2.97. The van der Waals surface area contributed by atoms with Crippen LogP contribution in [0.2, 0.25) is 15.1 Å². The molecule has 1 aliphatic carbocycles. The summed E-state index contributed by atoms with van der Waals surface area (Å²) in [6, 6.07) is 24.9. The molecule has 1 atom stereocenters. The first kappa shape index (κ1) is 35.7. The standard InChI is InChI=1S/C37H38Cl3N3O4S/c1-25-15-18-30(19-16-25)48(46,47)43(34-14-8-13-31(38)26(34)2)24-36(44)42(23-28-17-20-32(39)33(40)21-28)35(22-27-9-4-3-5-10-27)37(45)41-29-11-6-7-12-29/h3-5,8-10,13-21,29,35H,6-7,11-12,22-24H2,1-2H3,(H,41,45). The monoisotopic (exact) mass is 725 g/mol. The van der Waals surface area contributed by atoms with E-state index in [1.807, 2.05) is 37.3 Å². The van der Waals surface area contributed by atoms with Crippen LogP contribution in [-0.2, 0) is 32.6 Å². The summed E-state index contributed by atoms with van der Waals surface area (Å²) < 4.78 is 29.7. The number of hydrogen-bond donors (Lipinski definition) is 1. The summed E-state index contributed by atoms with van der Waals surface area (Å²) in [6.07, 6.45) is 3.98. The maximum Gasteiger partial charge on any atom is 0.264 e. The molecule has 1 fully saturated rings. The Kier molecular flexibility index (Phi) is 11.7. The van der Waals surface area contributed by atoms with E-state index in [4.69, 9.17) is 34.8 Å². The Balaban J connectivity index is 1.60. The molecular formula is C37H38Cl3N3O4S. The normalized spacial score (nSPS) is 14.0. The molecule has 0 spiro atoms. The van der Waals surface area contributed by atoms with Crippen molar-refractivity contribution < 1.29 is 18.0 Å². The molecule has 0 bridgehead atoms. The molecule has 2 amide bonds. The zero-order valence-corrected chi connectivity index (χ0v) is 29.9. The highest BCUT2D eigenvalue weighted by Crippen LogP contribution is 2.32. The fourth-order valence-corrected chi connectivity index (χ4v) is 7.94. The van der Waals surface area contributed by atoms with Crippen molar-refractivity contribution in [1.29, 1.82) is 0 Å². The lowest BCUT2D eigenvalue weighted by Crippen LogP contribution is -2.54. The molecule has 4 aromatic rings. The van der Waals surface area contributed by atoms with E-state index in [0.29, 0.717) is 26.2 Å². The Bertz CT molecular complexity index is 1860. The van der Waals surface area contributed by atoms with Gasteiger partial charge in [-0.2, -0.15) is 0 Å². The molecule has 11 heteroatoms. The smallest absolute Gasteiger partial charge is 0.264 e. The molecule has 0 aliphatic heterocycles. The molecule has 1 aliphatic rings. The topological polar surface area (TPSA) is 86.8 Å². The minimum Gasteiger partial charge on any atom is -0.352 e. The first-order valence-corrected chi connectivity index (χ1v) is 18.4. The summed E-state index contributed by atoms with van der Waals surface area (Å²) in [4.78, 5) is 30.4. The third-order valence-electron chi connectivity index (χ3n) is 8.71. The SMILES string of the molecule is Cc1ccc(S(=O)(=O)N(CC(=O)N(Cc2ccc(Cl)c(Cl)c2)C(Cc2ccccc2)C(=O)NC2CCCC2)c2cccc(Cl)c2C)cc1. The van der Waals surface area contributed by atoms with Gasteiger partial charge in [-0.3, -0.25) is 13.9 Å². The molecule has 1 N–H and O–H groups in total. The quantitative estimate of drug-likeness (QED) is 0.160. The van der Waals surface area contributed by atoms with Gasteiger partial charge < -0.3 is 10.2 Å². The summed E-state index contributed by atoms with van der Waals surface area (Å²) in [5.74, 6) is -0.871. The highest BCUT2D eigenvalue weighted by Gasteiger charge is 2.36. The summed E-state index contributed by atoms with van der Waals surface area (Å²) in [5.41, 5.74) is 3.14. The van der Waals surface area contributed by atoms with E-state index in [1.165, 1.54) is 17.0 Å². The molecule has 0 radical (unpaired) electrons. The second-order valence-corrected chi connectivity index (χ2v) is 15.3. The first-order chi connectivity index (χ1) is 22.9. The number of benzene rings is 4. The van der Waals surface area contributed by atoms with E-state index < -0.39 is 28.5 Å². The molecule has 7 nitrogen and oxygen atoms in total. The van der Waals surface area contributed by atoms with E-state index in [1.54, 1.807) is 55.5 Å². The van der Waals surface area contributed by atoms with Crippen molar-refractivity contribution in [2.45, 2.75) is 69.5 Å². The number of carbonyl (C=O) groups excluding carboxylic acids is 2. The minimum absolute atomic E-state index is 0.00484. The van der Waals surface area contributed by atoms with Gasteiger partial charge in [0.25, 0.3) is 10.0 Å². The van der Waals surface area contributed by atoms with Crippen molar-refractivity contribution in [2.24, 2.45) is 0 Å². The number of nitrogens with one attached hydrogen (secondary N) is 1. The van der Waals surface area contributed by atoms with E-state index in [-0.39, 0.29) is 35.5 Å². The van der Waals surface area contributed by atoms with Crippen LogP contribution in [-0.4, -0.2) is 43.8 Å². The number of carbonyl (C=O) groups is 2. The lowest BCUT2D eigenvalue weighted by molar-refractivity contribution is -0.140. The Labute approximate surface area is 297 Å². The fourth-order valence-electron chi connectivity index (χ4n) is 5.97. The van der Waals surface area contributed by atoms with Gasteiger partial charge in [-0.15, -0.1) is 0 Å². The minimum atomic E-state index is -4.26. The summed E-state index contributed by atoms with van der Waals surface area (Å²) >= 11 is 19.1. The molecule has 252 valence electrons. The van der Waals surface area contributed by atoms with Crippen molar-refractivity contribution in [3.05, 3.63) is 128 Å². The highest BCUT2D eigenvalue weighted by atomic mass is 35.5. The second kappa shape index (κ2) is 15.8. The van der Waals surface area contributed by atoms with Gasteiger partial charge >= 0.3 is 0 Å². The lowest BCUT2D eigenvalue weighted by atomic mass is 10.0. The molecule has 1 unspecified atom stereocenters. The molecule has 1 saturated carbocycles. The summed E-state index contributed by atoms with van der Waals surface area (Å²) in [5, 5.41) is 4.18. The maximum atomic E-state index is 14.7. The highest BCUT2D eigenvalue weighted by molar-refractivity contribution is 7.92. The van der Waals surface area contributed by atoms with Gasteiger partial charge in [-0.05, 0) is 79.8 Å².